The predicted molar refractivity (Wildman–Crippen MR) is 143 cm³/mol. The van der Waals surface area contributed by atoms with Gasteiger partial charge in [0.15, 0.2) is 0 Å². The monoisotopic (exact) mass is 549 g/mol. The first-order chi connectivity index (χ1) is 19.3. The molecule has 0 aliphatic carbocycles. The zero-order chi connectivity index (χ0) is 28.6. The second kappa shape index (κ2) is 13.0. The molecule has 0 fully saturated rings. The van der Waals surface area contributed by atoms with E-state index in [9.17, 15) is 24.0 Å². The van der Waals surface area contributed by atoms with Crippen LogP contribution >= 0.6 is 0 Å². The topological polar surface area (TPSA) is 151 Å². The average molecular weight is 550 g/mol. The van der Waals surface area contributed by atoms with E-state index in [1.807, 2.05) is 0 Å². The Kier molecular flexibility index (Phi) is 9.23. The van der Waals surface area contributed by atoms with Gasteiger partial charge in [-0.15, -0.1) is 0 Å². The van der Waals surface area contributed by atoms with Gasteiger partial charge >= 0.3 is 5.97 Å². The number of nitrogens with one attached hydrogen (secondary N) is 2. The largest absolute Gasteiger partial charge is 0.464 e. The number of fused-ring (bicyclic) bond motifs is 2. The van der Waals surface area contributed by atoms with Crippen molar-refractivity contribution in [3.63, 3.8) is 0 Å². The summed E-state index contributed by atoms with van der Waals surface area (Å²) in [5.74, 6) is -2.14. The van der Waals surface area contributed by atoms with Gasteiger partial charge in [0, 0.05) is 25.7 Å². The summed E-state index contributed by atoms with van der Waals surface area (Å²) in [6.07, 6.45) is 1.96. The number of amides is 4. The van der Waals surface area contributed by atoms with Crippen molar-refractivity contribution < 1.29 is 33.4 Å². The Balaban J connectivity index is 1.50. The van der Waals surface area contributed by atoms with Crippen LogP contribution in [0.1, 0.15) is 50.8 Å². The number of nitrogens with zero attached hydrogens (tertiary/aromatic N) is 3. The highest BCUT2D eigenvalue weighted by atomic mass is 16.6. The zero-order valence-electron chi connectivity index (χ0n) is 22.3. The number of hydrogen-bond donors (Lipinski definition) is 2. The molecule has 40 heavy (non-hydrogen) atoms. The Morgan fingerprint density at radius 2 is 1.82 bits per heavy atom. The maximum atomic E-state index is 13.7. The second-order valence-corrected chi connectivity index (χ2v) is 9.07. The summed E-state index contributed by atoms with van der Waals surface area (Å²) in [5.41, 5.74) is 2.37. The minimum atomic E-state index is -0.934. The maximum absolute atomic E-state index is 13.7. The third kappa shape index (κ3) is 6.18. The summed E-state index contributed by atoms with van der Waals surface area (Å²) in [4.78, 5) is 73.6. The summed E-state index contributed by atoms with van der Waals surface area (Å²) in [7, 11) is 1.47. The average Bonchev–Trinajstić information content (AvgIpc) is 3.53. The summed E-state index contributed by atoms with van der Waals surface area (Å²) in [6.45, 7) is 1.67. The van der Waals surface area contributed by atoms with E-state index >= 15 is 0 Å². The molecule has 1 aliphatic heterocycles. The van der Waals surface area contributed by atoms with E-state index < -0.39 is 23.8 Å². The number of carbonyl (C=O) groups is 5. The number of imidazole rings is 1. The molecule has 0 spiro atoms. The second-order valence-electron chi connectivity index (χ2n) is 9.07. The van der Waals surface area contributed by atoms with Gasteiger partial charge in [-0.1, -0.05) is 12.1 Å². The molecule has 210 valence electrons. The molecule has 1 atom stereocenters. The first-order valence-corrected chi connectivity index (χ1v) is 13.0. The number of benzene rings is 2. The zero-order valence-corrected chi connectivity index (χ0v) is 22.3. The molecule has 12 nitrogen and oxygen atoms in total. The van der Waals surface area contributed by atoms with Gasteiger partial charge in [0.25, 0.3) is 17.7 Å². The number of ether oxygens (including phenoxy) is 2. The van der Waals surface area contributed by atoms with Crippen LogP contribution in [0.5, 0.6) is 0 Å². The van der Waals surface area contributed by atoms with Gasteiger partial charge < -0.3 is 24.7 Å². The molecule has 12 heteroatoms. The molecule has 1 aliphatic rings. The number of hydrogen-bond acceptors (Lipinski definition) is 8. The van der Waals surface area contributed by atoms with Crippen molar-refractivity contribution in [2.24, 2.45) is 0 Å². The molecule has 2 heterocycles. The highest BCUT2D eigenvalue weighted by Gasteiger charge is 2.36. The molecule has 0 saturated heterocycles. The van der Waals surface area contributed by atoms with Crippen LogP contribution in [0.3, 0.4) is 0 Å². The maximum Gasteiger partial charge on any atom is 0.332 e. The molecule has 4 amide bonds. The fraction of sp³-hybridized carbons (Fsp3) is 0.357. The Hall–Kier alpha value is -4.58. The summed E-state index contributed by atoms with van der Waals surface area (Å²) in [5, 5.41) is 2.60. The van der Waals surface area contributed by atoms with Crippen molar-refractivity contribution in [3.8, 4) is 0 Å². The van der Waals surface area contributed by atoms with E-state index in [1.165, 1.54) is 18.3 Å². The van der Waals surface area contributed by atoms with Crippen molar-refractivity contribution in [2.45, 2.75) is 25.8 Å². The minimum Gasteiger partial charge on any atom is -0.464 e. The summed E-state index contributed by atoms with van der Waals surface area (Å²) >= 11 is 0. The molecule has 1 aromatic heterocycles. The van der Waals surface area contributed by atoms with Crippen LogP contribution in [0.4, 0.5) is 0 Å². The molecule has 0 saturated carbocycles. The number of aromatic nitrogens is 2. The lowest BCUT2D eigenvalue weighted by atomic mass is 10.1. The summed E-state index contributed by atoms with van der Waals surface area (Å²) < 4.78 is 10.3. The van der Waals surface area contributed by atoms with Crippen molar-refractivity contribution in [1.29, 1.82) is 0 Å². The van der Waals surface area contributed by atoms with E-state index in [-0.39, 0.29) is 57.6 Å². The number of aromatic amines is 1. The van der Waals surface area contributed by atoms with Crippen LogP contribution < -0.4 is 5.32 Å². The van der Waals surface area contributed by atoms with Crippen molar-refractivity contribution in [2.75, 3.05) is 40.0 Å². The van der Waals surface area contributed by atoms with Crippen molar-refractivity contribution in [1.82, 2.24) is 25.1 Å². The van der Waals surface area contributed by atoms with Crippen LogP contribution in [0, 0.1) is 0 Å². The first kappa shape index (κ1) is 28.4. The van der Waals surface area contributed by atoms with Crippen LogP contribution in [0.15, 0.2) is 48.8 Å². The number of rotatable bonds is 13. The lowest BCUT2D eigenvalue weighted by molar-refractivity contribution is -0.148. The molecule has 2 N–H and O–H groups in total. The Labute approximate surface area is 230 Å². The third-order valence-electron chi connectivity index (χ3n) is 6.59. The number of esters is 1. The molecule has 0 radical (unpaired) electrons. The van der Waals surface area contributed by atoms with E-state index in [0.717, 1.165) is 4.90 Å². The molecular weight excluding hydrogens is 518 g/mol. The fourth-order valence-corrected chi connectivity index (χ4v) is 4.63. The quantitative estimate of drug-likeness (QED) is 0.186. The normalized spacial score (nSPS) is 13.3. The van der Waals surface area contributed by atoms with Gasteiger partial charge in [0.05, 0.1) is 41.7 Å². The van der Waals surface area contributed by atoms with Gasteiger partial charge in [-0.2, -0.15) is 0 Å². The highest BCUT2D eigenvalue weighted by molar-refractivity contribution is 6.21. The number of likely N-dealkylation sites (N-methyl/N-ethyl adjacent to an activating group) is 1. The summed E-state index contributed by atoms with van der Waals surface area (Å²) in [6, 6.07) is 10.6. The van der Waals surface area contributed by atoms with Crippen molar-refractivity contribution in [3.05, 3.63) is 65.5 Å². The molecular formula is C28H31N5O7. The Morgan fingerprint density at radius 1 is 1.10 bits per heavy atom. The van der Waals surface area contributed by atoms with Gasteiger partial charge in [-0.05, 0) is 50.1 Å². The van der Waals surface area contributed by atoms with E-state index in [4.69, 9.17) is 9.47 Å². The standard InChI is InChI=1S/C28H31N5O7/c1-3-40-24(34)16-39-14-13-32(26(36)18-10-11-21-22(15-18)31-17-30-21)23(25(35)29-2)9-6-12-33-27(37)19-7-4-5-8-20(19)28(33)38/h4-5,7-8,10-11,15,17,23H,3,6,9,12-14,16H2,1-2H3,(H,29,35)(H,30,31). The van der Waals surface area contributed by atoms with Gasteiger partial charge in [-0.25, -0.2) is 9.78 Å². The minimum absolute atomic E-state index is 0.00432. The van der Waals surface area contributed by atoms with Crippen molar-refractivity contribution >= 4 is 40.6 Å². The number of H-pyrrole nitrogens is 1. The first-order valence-electron chi connectivity index (χ1n) is 13.0. The third-order valence-corrected chi connectivity index (χ3v) is 6.59. The van der Waals surface area contributed by atoms with Gasteiger partial charge in [0.1, 0.15) is 12.6 Å². The number of imide groups is 1. The SMILES string of the molecule is CCOC(=O)COCCN(C(=O)c1ccc2nc[nH]c2c1)C(CCCN1C(=O)c2ccccc2C1=O)C(=O)NC. The van der Waals surface area contributed by atoms with Crippen LogP contribution in [-0.4, -0.2) is 95.4 Å². The van der Waals surface area contributed by atoms with E-state index in [0.29, 0.717) is 27.7 Å². The fourth-order valence-electron chi connectivity index (χ4n) is 4.63. The van der Waals surface area contributed by atoms with Crippen LogP contribution in [0.25, 0.3) is 11.0 Å². The molecule has 2 aromatic carbocycles. The molecule has 0 bridgehead atoms. The smallest absolute Gasteiger partial charge is 0.332 e. The molecule has 1 unspecified atom stereocenters. The molecule has 3 aromatic rings. The Morgan fingerprint density at radius 3 is 2.50 bits per heavy atom. The van der Waals surface area contributed by atoms with Crippen LogP contribution in [-0.2, 0) is 19.1 Å². The lowest BCUT2D eigenvalue weighted by Crippen LogP contribution is -2.50. The van der Waals surface area contributed by atoms with E-state index in [1.54, 1.807) is 49.4 Å². The van der Waals surface area contributed by atoms with Gasteiger partial charge in [0.2, 0.25) is 5.91 Å². The van der Waals surface area contributed by atoms with Gasteiger partial charge in [-0.3, -0.25) is 24.1 Å². The molecule has 4 rings (SSSR count). The number of carbonyl (C=O) groups excluding carboxylic acids is 5. The predicted octanol–water partition coefficient (Wildman–Crippen LogP) is 1.78. The highest BCUT2D eigenvalue weighted by Crippen LogP contribution is 2.23. The lowest BCUT2D eigenvalue weighted by Gasteiger charge is -2.31. The van der Waals surface area contributed by atoms with Crippen LogP contribution in [0.2, 0.25) is 0 Å². The Bertz CT molecular complexity index is 1380. The van der Waals surface area contributed by atoms with E-state index in [2.05, 4.69) is 15.3 Å².